The van der Waals surface area contributed by atoms with Gasteiger partial charge in [0.25, 0.3) is 0 Å². The molecule has 0 aliphatic heterocycles. The third kappa shape index (κ3) is 6.14. The van der Waals surface area contributed by atoms with Gasteiger partial charge >= 0.3 is 0 Å². The quantitative estimate of drug-likeness (QED) is 0.384. The molecule has 31 heavy (non-hydrogen) atoms. The number of halogens is 1. The van der Waals surface area contributed by atoms with Gasteiger partial charge in [0.15, 0.2) is 0 Å². The fourth-order valence-corrected chi connectivity index (χ4v) is 4.46. The van der Waals surface area contributed by atoms with E-state index in [0.29, 0.717) is 0 Å². The third-order valence-corrected chi connectivity index (χ3v) is 6.07. The zero-order valence-corrected chi connectivity index (χ0v) is 20.5. The second-order valence-electron chi connectivity index (χ2n) is 9.45. The number of benzene rings is 1. The van der Waals surface area contributed by atoms with Crippen molar-refractivity contribution in [2.45, 2.75) is 91.2 Å². The zero-order valence-electron chi connectivity index (χ0n) is 20.5. The number of aliphatic hydroxyl groups is 1. The van der Waals surface area contributed by atoms with Crippen LogP contribution < -0.4 is 0 Å². The minimum atomic E-state index is -0.248. The van der Waals surface area contributed by atoms with E-state index in [4.69, 9.17) is 4.98 Å². The molecule has 4 heteroatoms. The van der Waals surface area contributed by atoms with Crippen LogP contribution in [0.5, 0.6) is 0 Å². The van der Waals surface area contributed by atoms with Crippen LogP contribution in [0.25, 0.3) is 11.1 Å². The van der Waals surface area contributed by atoms with E-state index in [0.717, 1.165) is 40.9 Å². The van der Waals surface area contributed by atoms with Crippen molar-refractivity contribution in [3.8, 4) is 11.1 Å². The molecule has 1 unspecified atom stereocenters. The summed E-state index contributed by atoms with van der Waals surface area (Å²) in [5, 5.41) is 10.5. The number of aromatic nitrogens is 1. The van der Waals surface area contributed by atoms with Crippen molar-refractivity contribution in [2.75, 3.05) is 14.1 Å². The van der Waals surface area contributed by atoms with Gasteiger partial charge in [-0.05, 0) is 61.2 Å². The molecule has 0 amide bonds. The van der Waals surface area contributed by atoms with Crippen molar-refractivity contribution in [2.24, 2.45) is 0 Å². The first-order chi connectivity index (χ1) is 14.7. The molecule has 1 aromatic heterocycles. The highest BCUT2D eigenvalue weighted by atomic mass is 19.1. The molecule has 0 saturated carbocycles. The Kier molecular flexibility index (Phi) is 9.64. The number of nitrogens with zero attached hydrogens (tertiary/aromatic N) is 2. The smallest absolute Gasteiger partial charge is 0.123 e. The average Bonchev–Trinajstić information content (AvgIpc) is 2.72. The highest BCUT2D eigenvalue weighted by molar-refractivity contribution is 5.74. The van der Waals surface area contributed by atoms with Crippen LogP contribution in [0.4, 0.5) is 4.39 Å². The van der Waals surface area contributed by atoms with Crippen LogP contribution in [0.1, 0.15) is 107 Å². The summed E-state index contributed by atoms with van der Waals surface area (Å²) in [4.78, 5) is 7.41. The molecule has 1 N–H and O–H groups in total. The molecule has 0 aliphatic rings. The summed E-state index contributed by atoms with van der Waals surface area (Å²) in [7, 11) is 4.25. The Balaban J connectivity index is 2.82. The van der Waals surface area contributed by atoms with Crippen molar-refractivity contribution < 1.29 is 9.50 Å². The van der Waals surface area contributed by atoms with Gasteiger partial charge in [0.2, 0.25) is 0 Å². The lowest BCUT2D eigenvalue weighted by molar-refractivity contribution is 0.269. The van der Waals surface area contributed by atoms with Crippen LogP contribution in [0.15, 0.2) is 24.3 Å². The predicted octanol–water partition coefficient (Wildman–Crippen LogP) is 7.20. The summed E-state index contributed by atoms with van der Waals surface area (Å²) in [6.07, 6.45) is 5.86. The maximum Gasteiger partial charge on any atom is 0.123 e. The fraction of sp³-hybridized carbons (Fsp3) is 0.593. The van der Waals surface area contributed by atoms with E-state index in [9.17, 15) is 9.50 Å². The molecule has 0 spiro atoms. The SMILES string of the molecule is CCCCCCC(c1c(C(C)C)nc(C(C)C)c(CO)c1-c1ccc(F)cc1)N(C)C. The molecule has 0 saturated heterocycles. The second-order valence-corrected chi connectivity index (χ2v) is 9.45. The highest BCUT2D eigenvalue weighted by Gasteiger charge is 2.29. The lowest BCUT2D eigenvalue weighted by Gasteiger charge is -2.32. The Morgan fingerprint density at radius 1 is 0.935 bits per heavy atom. The number of unbranched alkanes of at least 4 members (excludes halogenated alkanes) is 3. The van der Waals surface area contributed by atoms with Gasteiger partial charge < -0.3 is 10.0 Å². The molecule has 1 heterocycles. The molecule has 172 valence electrons. The van der Waals surface area contributed by atoms with E-state index in [1.165, 1.54) is 37.0 Å². The maximum atomic E-state index is 13.8. The van der Waals surface area contributed by atoms with Gasteiger partial charge in [-0.3, -0.25) is 4.98 Å². The molecule has 2 rings (SSSR count). The summed E-state index contributed by atoms with van der Waals surface area (Å²) in [6.45, 7) is 10.8. The number of hydrogen-bond donors (Lipinski definition) is 1. The normalized spacial score (nSPS) is 12.9. The first-order valence-electron chi connectivity index (χ1n) is 11.8. The van der Waals surface area contributed by atoms with Crippen molar-refractivity contribution in [1.29, 1.82) is 0 Å². The highest BCUT2D eigenvalue weighted by Crippen LogP contribution is 2.42. The van der Waals surface area contributed by atoms with Crippen LogP contribution in [-0.2, 0) is 6.61 Å². The summed E-state index contributed by atoms with van der Waals surface area (Å²) >= 11 is 0. The van der Waals surface area contributed by atoms with Crippen LogP contribution in [0.3, 0.4) is 0 Å². The number of hydrogen-bond acceptors (Lipinski definition) is 3. The van der Waals surface area contributed by atoms with E-state index in [1.807, 2.05) is 12.1 Å². The number of pyridine rings is 1. The molecule has 0 fully saturated rings. The average molecular weight is 429 g/mol. The lowest BCUT2D eigenvalue weighted by atomic mass is 9.82. The molecular weight excluding hydrogens is 387 g/mol. The van der Waals surface area contributed by atoms with Crippen LogP contribution in [0.2, 0.25) is 0 Å². The Bertz CT molecular complexity index is 828. The van der Waals surface area contributed by atoms with Gasteiger partial charge in [-0.25, -0.2) is 4.39 Å². The Morgan fingerprint density at radius 2 is 1.55 bits per heavy atom. The summed E-state index contributed by atoms with van der Waals surface area (Å²) in [6, 6.07) is 6.89. The first kappa shape index (κ1) is 25.5. The monoisotopic (exact) mass is 428 g/mol. The van der Waals surface area contributed by atoms with E-state index in [-0.39, 0.29) is 30.3 Å². The molecule has 1 atom stereocenters. The minimum absolute atomic E-state index is 0.0748. The summed E-state index contributed by atoms with van der Waals surface area (Å²) < 4.78 is 13.8. The van der Waals surface area contributed by atoms with Crippen LogP contribution in [-0.4, -0.2) is 29.1 Å². The molecule has 3 nitrogen and oxygen atoms in total. The topological polar surface area (TPSA) is 36.4 Å². The fourth-order valence-electron chi connectivity index (χ4n) is 4.46. The van der Waals surface area contributed by atoms with E-state index < -0.39 is 0 Å². The van der Waals surface area contributed by atoms with Gasteiger partial charge in [0.1, 0.15) is 5.82 Å². The van der Waals surface area contributed by atoms with Crippen molar-refractivity contribution in [1.82, 2.24) is 9.88 Å². The van der Waals surface area contributed by atoms with E-state index >= 15 is 0 Å². The first-order valence-corrected chi connectivity index (χ1v) is 11.8. The van der Waals surface area contributed by atoms with E-state index in [2.05, 4.69) is 53.6 Å². The lowest BCUT2D eigenvalue weighted by Crippen LogP contribution is -2.24. The maximum absolute atomic E-state index is 13.8. The van der Waals surface area contributed by atoms with Gasteiger partial charge in [-0.1, -0.05) is 72.4 Å². The predicted molar refractivity (Wildman–Crippen MR) is 129 cm³/mol. The largest absolute Gasteiger partial charge is 0.392 e. The van der Waals surface area contributed by atoms with Crippen LogP contribution in [0, 0.1) is 5.82 Å². The van der Waals surface area contributed by atoms with Gasteiger partial charge in [-0.2, -0.15) is 0 Å². The minimum Gasteiger partial charge on any atom is -0.392 e. The second kappa shape index (κ2) is 11.7. The third-order valence-electron chi connectivity index (χ3n) is 6.07. The van der Waals surface area contributed by atoms with Crippen molar-refractivity contribution >= 4 is 0 Å². The zero-order chi connectivity index (χ0) is 23.1. The van der Waals surface area contributed by atoms with Crippen LogP contribution >= 0.6 is 0 Å². The Hall–Kier alpha value is -1.78. The van der Waals surface area contributed by atoms with Gasteiger partial charge in [0.05, 0.1) is 6.61 Å². The molecule has 0 radical (unpaired) electrons. The van der Waals surface area contributed by atoms with Gasteiger partial charge in [-0.15, -0.1) is 0 Å². The van der Waals surface area contributed by atoms with Gasteiger partial charge in [0, 0.05) is 23.0 Å². The Morgan fingerprint density at radius 3 is 2.03 bits per heavy atom. The molecular formula is C27H41FN2O. The molecule has 0 aliphatic carbocycles. The number of aliphatic hydroxyl groups excluding tert-OH is 1. The molecule has 1 aromatic carbocycles. The molecule has 2 aromatic rings. The summed E-state index contributed by atoms with van der Waals surface area (Å²) in [5.74, 6) is 0.189. The molecule has 0 bridgehead atoms. The standard InChI is InChI=1S/C27H41FN2O/c1-8-9-10-11-12-23(30(6)7)25-24(20-13-15-21(28)16-14-20)22(17-31)26(18(2)3)29-27(25)19(4)5/h13-16,18-19,23,31H,8-12,17H2,1-7H3. The Labute approximate surface area is 188 Å². The van der Waals surface area contributed by atoms with Crippen molar-refractivity contribution in [3.05, 3.63) is 52.6 Å². The van der Waals surface area contributed by atoms with E-state index in [1.54, 1.807) is 0 Å². The number of rotatable bonds is 11. The summed E-state index contributed by atoms with van der Waals surface area (Å²) in [5.41, 5.74) is 6.09. The van der Waals surface area contributed by atoms with Crippen molar-refractivity contribution in [3.63, 3.8) is 0 Å².